The molecule has 29 heavy (non-hydrogen) atoms. The first kappa shape index (κ1) is 19.1. The molecule has 2 aromatic carbocycles. The van der Waals surface area contributed by atoms with E-state index in [9.17, 15) is 9.90 Å². The van der Waals surface area contributed by atoms with E-state index in [1.807, 2.05) is 24.3 Å². The fourth-order valence-electron chi connectivity index (χ4n) is 3.97. The minimum Gasteiger partial charge on any atom is -0.504 e. The molecule has 4 rings (SSSR count). The lowest BCUT2D eigenvalue weighted by molar-refractivity contribution is 0.0703. The highest BCUT2D eigenvalue weighted by Gasteiger charge is 2.28. The maximum atomic E-state index is 12.9. The van der Waals surface area contributed by atoms with Crippen LogP contribution in [-0.4, -0.2) is 45.9 Å². The molecule has 2 heterocycles. The number of aromatic hydroxyl groups is 1. The molecule has 0 unspecified atom stereocenters. The first-order chi connectivity index (χ1) is 14.1. The summed E-state index contributed by atoms with van der Waals surface area (Å²) in [7, 11) is 1.60. The van der Waals surface area contributed by atoms with Gasteiger partial charge in [-0.15, -0.1) is 0 Å². The lowest BCUT2D eigenvalue weighted by Crippen LogP contribution is -2.38. The van der Waals surface area contributed by atoms with Crippen LogP contribution in [0.1, 0.15) is 40.4 Å². The zero-order valence-corrected chi connectivity index (χ0v) is 16.7. The molecule has 6 heteroatoms. The number of hydrogen-bond acceptors (Lipinski definition) is 4. The molecule has 1 aliphatic heterocycles. The third kappa shape index (κ3) is 3.83. The Morgan fingerprint density at radius 2 is 1.79 bits per heavy atom. The van der Waals surface area contributed by atoms with Gasteiger partial charge in [0.2, 0.25) is 0 Å². The van der Waals surface area contributed by atoms with Crippen molar-refractivity contribution >= 4 is 5.91 Å². The molecule has 0 saturated carbocycles. The number of carbonyl (C=O) groups excluding carboxylic acids is 1. The zero-order valence-electron chi connectivity index (χ0n) is 16.7. The number of likely N-dealkylation sites (tertiary alicyclic amines) is 1. The monoisotopic (exact) mass is 391 g/mol. The summed E-state index contributed by atoms with van der Waals surface area (Å²) in [5, 5.41) is 14.6. The molecule has 1 aromatic heterocycles. The Balaban J connectivity index is 1.46. The number of methoxy groups -OCH3 is 1. The van der Waals surface area contributed by atoms with Gasteiger partial charge in [0.05, 0.1) is 19.0 Å². The maximum absolute atomic E-state index is 12.9. The Morgan fingerprint density at radius 3 is 2.45 bits per heavy atom. The summed E-state index contributed by atoms with van der Waals surface area (Å²) in [6, 6.07) is 15.7. The Hall–Kier alpha value is -3.28. The summed E-state index contributed by atoms with van der Waals surface area (Å²) < 4.78 is 6.68. The summed E-state index contributed by atoms with van der Waals surface area (Å²) in [6.45, 7) is 3.45. The lowest BCUT2D eigenvalue weighted by Gasteiger charge is -2.32. The molecule has 1 fully saturated rings. The van der Waals surface area contributed by atoms with Gasteiger partial charge in [0.1, 0.15) is 5.75 Å². The summed E-state index contributed by atoms with van der Waals surface area (Å²) in [5.74, 6) is 0.869. The van der Waals surface area contributed by atoms with Crippen LogP contribution < -0.4 is 4.74 Å². The number of hydrogen-bond donors (Lipinski definition) is 1. The van der Waals surface area contributed by atoms with Gasteiger partial charge in [-0.25, -0.2) is 4.68 Å². The molecule has 150 valence electrons. The van der Waals surface area contributed by atoms with Gasteiger partial charge < -0.3 is 14.7 Å². The van der Waals surface area contributed by atoms with Gasteiger partial charge >= 0.3 is 0 Å². The topological polar surface area (TPSA) is 67.6 Å². The van der Waals surface area contributed by atoms with Gasteiger partial charge in [-0.3, -0.25) is 4.79 Å². The summed E-state index contributed by atoms with van der Waals surface area (Å²) >= 11 is 0. The van der Waals surface area contributed by atoms with Crippen molar-refractivity contribution in [2.75, 3.05) is 20.2 Å². The van der Waals surface area contributed by atoms with Crippen molar-refractivity contribution < 1.29 is 14.6 Å². The van der Waals surface area contributed by atoms with Gasteiger partial charge in [-0.05, 0) is 61.1 Å². The van der Waals surface area contributed by atoms with Crippen LogP contribution in [0.4, 0.5) is 0 Å². The normalized spacial score (nSPS) is 14.8. The zero-order chi connectivity index (χ0) is 20.4. The second-order valence-electron chi connectivity index (χ2n) is 7.43. The highest BCUT2D eigenvalue weighted by Crippen LogP contribution is 2.31. The number of carbonyl (C=O) groups is 1. The average molecular weight is 391 g/mol. The Morgan fingerprint density at radius 1 is 1.10 bits per heavy atom. The molecule has 0 spiro atoms. The van der Waals surface area contributed by atoms with Crippen molar-refractivity contribution in [3.63, 3.8) is 0 Å². The molecule has 0 aliphatic carbocycles. The maximum Gasteiger partial charge on any atom is 0.278 e. The second-order valence-corrected chi connectivity index (χ2v) is 7.43. The van der Waals surface area contributed by atoms with Crippen molar-refractivity contribution in [2.45, 2.75) is 25.7 Å². The van der Waals surface area contributed by atoms with E-state index in [0.29, 0.717) is 19.0 Å². The van der Waals surface area contributed by atoms with Gasteiger partial charge in [0, 0.05) is 13.1 Å². The number of ether oxygens (including phenoxy) is 1. The van der Waals surface area contributed by atoms with Crippen molar-refractivity contribution in [1.29, 1.82) is 0 Å². The quantitative estimate of drug-likeness (QED) is 0.732. The van der Waals surface area contributed by atoms with Crippen LogP contribution in [0.3, 0.4) is 0 Å². The highest BCUT2D eigenvalue weighted by atomic mass is 16.5. The van der Waals surface area contributed by atoms with Crippen LogP contribution in [0.5, 0.6) is 11.5 Å². The fraction of sp³-hybridized carbons (Fsp3) is 0.304. The number of benzene rings is 2. The van der Waals surface area contributed by atoms with Crippen molar-refractivity contribution in [1.82, 2.24) is 14.7 Å². The van der Waals surface area contributed by atoms with Crippen molar-refractivity contribution in [3.8, 4) is 17.2 Å². The molecule has 3 aromatic rings. The molecule has 1 N–H and O–H groups in total. The van der Waals surface area contributed by atoms with E-state index in [0.717, 1.165) is 24.3 Å². The van der Waals surface area contributed by atoms with Gasteiger partial charge in [-0.2, -0.15) is 5.10 Å². The highest BCUT2D eigenvalue weighted by molar-refractivity contribution is 5.95. The standard InChI is InChI=1S/C23H25N3O3/c1-16-5-3-4-6-20(16)17-11-13-25(14-12-17)23(28)22-21(27)15-26(24-22)18-7-9-19(29-2)10-8-18/h3-10,15,17,27H,11-14H2,1-2H3. The van der Waals surface area contributed by atoms with Crippen LogP contribution >= 0.6 is 0 Å². The number of rotatable bonds is 4. The number of aromatic nitrogens is 2. The van der Waals surface area contributed by atoms with E-state index in [1.165, 1.54) is 22.0 Å². The predicted octanol–water partition coefficient (Wildman–Crippen LogP) is 3.91. The molecule has 1 saturated heterocycles. The molecule has 0 atom stereocenters. The molecule has 6 nitrogen and oxygen atoms in total. The van der Waals surface area contributed by atoms with Crippen LogP contribution in [0.15, 0.2) is 54.7 Å². The van der Waals surface area contributed by atoms with Crippen molar-refractivity contribution in [2.24, 2.45) is 0 Å². The van der Waals surface area contributed by atoms with Crippen LogP contribution in [0.2, 0.25) is 0 Å². The summed E-state index contributed by atoms with van der Waals surface area (Å²) in [4.78, 5) is 14.7. The fourth-order valence-corrected chi connectivity index (χ4v) is 3.97. The Labute approximate surface area is 170 Å². The molecule has 1 aliphatic rings. The molecule has 0 bridgehead atoms. The van der Waals surface area contributed by atoms with E-state index in [4.69, 9.17) is 4.74 Å². The molecular weight excluding hydrogens is 366 g/mol. The minimum absolute atomic E-state index is 0.0927. The van der Waals surface area contributed by atoms with Crippen LogP contribution in [0.25, 0.3) is 5.69 Å². The SMILES string of the molecule is COc1ccc(-n2cc(O)c(C(=O)N3CCC(c4ccccc4C)CC3)n2)cc1. The van der Waals surface area contributed by atoms with Gasteiger partial charge in [-0.1, -0.05) is 24.3 Å². The lowest BCUT2D eigenvalue weighted by atomic mass is 9.87. The van der Waals surface area contributed by atoms with Gasteiger partial charge in [0.15, 0.2) is 11.4 Å². The predicted molar refractivity (Wildman–Crippen MR) is 111 cm³/mol. The van der Waals surface area contributed by atoms with Crippen LogP contribution in [-0.2, 0) is 0 Å². The number of amides is 1. The summed E-state index contributed by atoms with van der Waals surface area (Å²) in [6.07, 6.45) is 3.29. The largest absolute Gasteiger partial charge is 0.504 e. The summed E-state index contributed by atoms with van der Waals surface area (Å²) in [5.41, 5.74) is 3.51. The van der Waals surface area contributed by atoms with E-state index < -0.39 is 0 Å². The molecular formula is C23H25N3O3. The third-order valence-electron chi connectivity index (χ3n) is 5.64. The van der Waals surface area contributed by atoms with Crippen molar-refractivity contribution in [3.05, 3.63) is 71.5 Å². The molecule has 1 amide bonds. The van der Waals surface area contributed by atoms with E-state index in [-0.39, 0.29) is 17.4 Å². The van der Waals surface area contributed by atoms with E-state index in [1.54, 1.807) is 12.0 Å². The van der Waals surface area contributed by atoms with E-state index in [2.05, 4.69) is 36.3 Å². The number of aryl methyl sites for hydroxylation is 1. The van der Waals surface area contributed by atoms with E-state index >= 15 is 0 Å². The number of nitrogens with zero attached hydrogens (tertiary/aromatic N) is 3. The Kier molecular flexibility index (Phi) is 5.25. The Bertz CT molecular complexity index is 1000. The third-order valence-corrected chi connectivity index (χ3v) is 5.64. The smallest absolute Gasteiger partial charge is 0.278 e. The molecule has 0 radical (unpaired) electrons. The van der Waals surface area contributed by atoms with Gasteiger partial charge in [0.25, 0.3) is 5.91 Å². The van der Waals surface area contributed by atoms with Crippen LogP contribution in [0, 0.1) is 6.92 Å². The number of piperidine rings is 1. The second kappa shape index (κ2) is 7.99. The average Bonchev–Trinajstić information content (AvgIpc) is 3.15. The minimum atomic E-state index is -0.224. The first-order valence-corrected chi connectivity index (χ1v) is 9.84. The first-order valence-electron chi connectivity index (χ1n) is 9.84.